The second kappa shape index (κ2) is 16.6. The van der Waals surface area contributed by atoms with Gasteiger partial charge in [0.2, 0.25) is 0 Å². The normalized spacial score (nSPS) is 17.1. The molecule has 0 N–H and O–H groups in total. The third kappa shape index (κ3) is 7.06. The second-order valence-electron chi connectivity index (χ2n) is 15.8. The summed E-state index contributed by atoms with van der Waals surface area (Å²) in [6.07, 6.45) is 8.53. The average Bonchev–Trinajstić information content (AvgIpc) is 4.24. The van der Waals surface area contributed by atoms with Crippen LogP contribution in [0.3, 0.4) is 0 Å². The number of hydrogen-bond acceptors (Lipinski definition) is 2. The standard InChI is InChI=1S/C60H46N4O/c1-5-19-42(20-6-1)49-30-18-31-50(43-21-7-2-8-22-43)60(49)63-41-62(56-33-15-16-34-57(56)63)46-27-17-28-47(37-46)65-48-35-36-52-51-29-13-14-32-55(51)64(58(52)38-48)59-39-53(44-23-9-3-10-24-44)54(40-61-59)45-25-11-4-12-26-45/h1-2,4-8,11-22,25-40,44H,3,9-10,23-24H2/i1D,2D,4D,5D,6D,7D,8D,11D,12D,19D,20D,21D,22D,25D,26D,44D. The Balaban J connectivity index is 1.00. The van der Waals surface area contributed by atoms with Crippen LogP contribution in [-0.4, -0.2) is 14.1 Å². The third-order valence-corrected chi connectivity index (χ3v) is 12.0. The summed E-state index contributed by atoms with van der Waals surface area (Å²) in [6, 6.07) is 26.9. The second-order valence-corrected chi connectivity index (χ2v) is 15.8. The van der Waals surface area contributed by atoms with Crippen LogP contribution in [0.25, 0.3) is 83.4 Å². The lowest BCUT2D eigenvalue weighted by Gasteiger charge is -2.25. The first-order valence-corrected chi connectivity index (χ1v) is 21.4. The molecule has 5 nitrogen and oxygen atoms in total. The Morgan fingerprint density at radius 2 is 1.18 bits per heavy atom. The van der Waals surface area contributed by atoms with Crippen molar-refractivity contribution >= 4 is 32.8 Å². The Morgan fingerprint density at radius 3 is 1.91 bits per heavy atom. The van der Waals surface area contributed by atoms with Gasteiger partial charge in [-0.3, -0.25) is 13.7 Å². The zero-order valence-electron chi connectivity index (χ0n) is 50.8. The van der Waals surface area contributed by atoms with Gasteiger partial charge in [-0.25, -0.2) is 4.98 Å². The van der Waals surface area contributed by atoms with Crippen LogP contribution in [0.2, 0.25) is 0 Å². The van der Waals surface area contributed by atoms with E-state index < -0.39 is 84.4 Å². The molecular formula is C60H46N4O. The SMILES string of the molecule is [2H]c1c([2H])c([2H])c(-c2cnc(-n3c4ccccc4c4ccc(Oc5cccc(-n6[c-][n+](-c7c(-c8c([2H])c([2H])c([2H])c([2H])c8[2H])cccc7-c7c([2H])c([2H])c([2H])c([2H])c7[2H])c7ccccc76)c5)cc43)cc2C2([2H])CCCCC2)c([2H])c1[2H]. The Labute approximate surface area is 401 Å². The number of rotatable bonds is 9. The van der Waals surface area contributed by atoms with Crippen LogP contribution in [0.5, 0.6) is 11.5 Å². The van der Waals surface area contributed by atoms with Gasteiger partial charge in [0.15, 0.2) is 0 Å². The minimum Gasteiger partial charge on any atom is -0.458 e. The lowest BCUT2D eigenvalue weighted by molar-refractivity contribution is -0.571. The number of nitrogens with zero attached hydrogens (tertiary/aromatic N) is 4. The first kappa shape index (κ1) is 25.3. The number of imidazole rings is 1. The fraction of sp³-hybridized carbons (Fsp3) is 0.100. The maximum Gasteiger partial charge on any atom is 0.269 e. The van der Waals surface area contributed by atoms with Crippen LogP contribution in [0.15, 0.2) is 212 Å². The fourth-order valence-electron chi connectivity index (χ4n) is 9.15. The largest absolute Gasteiger partial charge is 0.458 e. The summed E-state index contributed by atoms with van der Waals surface area (Å²) in [4.78, 5) is 4.95. The highest BCUT2D eigenvalue weighted by molar-refractivity contribution is 6.09. The van der Waals surface area contributed by atoms with Crippen molar-refractivity contribution in [3.05, 3.63) is 224 Å². The van der Waals surface area contributed by atoms with Gasteiger partial charge in [0, 0.05) is 30.0 Å². The fourth-order valence-corrected chi connectivity index (χ4v) is 9.15. The van der Waals surface area contributed by atoms with E-state index in [1.807, 2.05) is 71.3 Å². The Morgan fingerprint density at radius 1 is 0.569 bits per heavy atom. The molecule has 8 aromatic carbocycles. The molecule has 0 unspecified atom stereocenters. The monoisotopic (exact) mass is 854 g/mol. The quantitative estimate of drug-likeness (QED) is 0.107. The molecule has 65 heavy (non-hydrogen) atoms. The minimum absolute atomic E-state index is 0.00369. The summed E-state index contributed by atoms with van der Waals surface area (Å²) in [6.45, 7) is 0. The molecule has 312 valence electrons. The molecule has 3 heterocycles. The maximum absolute atomic E-state index is 9.90. The van der Waals surface area contributed by atoms with E-state index in [0.717, 1.165) is 41.1 Å². The molecule has 5 heteroatoms. The van der Waals surface area contributed by atoms with E-state index >= 15 is 0 Å². The van der Waals surface area contributed by atoms with E-state index in [1.54, 1.807) is 57.7 Å². The van der Waals surface area contributed by atoms with Crippen LogP contribution >= 0.6 is 0 Å². The van der Waals surface area contributed by atoms with Crippen LogP contribution in [0.1, 0.15) is 65.5 Å². The molecule has 0 radical (unpaired) electrons. The van der Waals surface area contributed by atoms with Gasteiger partial charge in [-0.1, -0.05) is 177 Å². The zero-order valence-corrected chi connectivity index (χ0v) is 34.8. The van der Waals surface area contributed by atoms with Gasteiger partial charge in [0.05, 0.1) is 54.0 Å². The number of para-hydroxylation sites is 4. The van der Waals surface area contributed by atoms with Gasteiger partial charge >= 0.3 is 0 Å². The first-order valence-electron chi connectivity index (χ1n) is 29.4. The number of ether oxygens (including phenoxy) is 1. The maximum atomic E-state index is 9.90. The van der Waals surface area contributed by atoms with Crippen molar-refractivity contribution in [1.82, 2.24) is 14.1 Å². The number of pyridine rings is 1. The Kier molecular flexibility index (Phi) is 6.46. The van der Waals surface area contributed by atoms with Gasteiger partial charge in [-0.15, -0.1) is 0 Å². The summed E-state index contributed by atoms with van der Waals surface area (Å²) >= 11 is 0. The van der Waals surface area contributed by atoms with E-state index in [9.17, 15) is 1.37 Å². The number of hydrogen-bond donors (Lipinski definition) is 0. The highest BCUT2D eigenvalue weighted by Gasteiger charge is 2.23. The van der Waals surface area contributed by atoms with Crippen molar-refractivity contribution in [1.29, 1.82) is 0 Å². The van der Waals surface area contributed by atoms with E-state index in [1.165, 1.54) is 6.20 Å². The van der Waals surface area contributed by atoms with Gasteiger partial charge in [0.1, 0.15) is 17.3 Å². The molecule has 0 aliphatic heterocycles. The summed E-state index contributed by atoms with van der Waals surface area (Å²) in [5.41, 5.74) is 4.10. The van der Waals surface area contributed by atoms with E-state index in [-0.39, 0.29) is 45.6 Å². The van der Waals surface area contributed by atoms with Crippen molar-refractivity contribution in [2.24, 2.45) is 0 Å². The number of aromatic nitrogens is 4. The summed E-state index contributed by atoms with van der Waals surface area (Å²) < 4.78 is 152. The zero-order chi connectivity index (χ0) is 57.1. The van der Waals surface area contributed by atoms with Crippen LogP contribution < -0.4 is 9.30 Å². The average molecular weight is 855 g/mol. The Hall–Kier alpha value is -8.02. The van der Waals surface area contributed by atoms with Gasteiger partial charge in [-0.05, 0) is 94.6 Å². The first-order chi connectivity index (χ1) is 38.8. The highest BCUT2D eigenvalue weighted by Crippen LogP contribution is 2.41. The van der Waals surface area contributed by atoms with E-state index in [4.69, 9.17) is 30.3 Å². The highest BCUT2D eigenvalue weighted by atomic mass is 16.5. The van der Waals surface area contributed by atoms with Crippen molar-refractivity contribution in [3.8, 4) is 62.1 Å². The van der Waals surface area contributed by atoms with Gasteiger partial charge < -0.3 is 4.74 Å². The van der Waals surface area contributed by atoms with Gasteiger partial charge in [-0.2, -0.15) is 0 Å². The van der Waals surface area contributed by atoms with Gasteiger partial charge in [0.25, 0.3) is 6.33 Å². The molecule has 0 saturated heterocycles. The summed E-state index contributed by atoms with van der Waals surface area (Å²) in [5, 5.41) is 1.80. The van der Waals surface area contributed by atoms with E-state index in [0.29, 0.717) is 58.0 Å². The molecule has 0 bridgehead atoms. The van der Waals surface area contributed by atoms with Crippen LogP contribution in [0, 0.1) is 6.33 Å². The number of fused-ring (bicyclic) bond motifs is 4. The molecular weight excluding hydrogens is 793 g/mol. The predicted octanol–water partition coefficient (Wildman–Crippen LogP) is 15.0. The van der Waals surface area contributed by atoms with Crippen LogP contribution in [0.4, 0.5) is 0 Å². The molecule has 1 saturated carbocycles. The Bertz CT molecular complexity index is 4300. The molecule has 12 rings (SSSR count). The predicted molar refractivity (Wildman–Crippen MR) is 264 cm³/mol. The molecule has 3 aromatic heterocycles. The van der Waals surface area contributed by atoms with Crippen molar-refractivity contribution in [2.45, 2.75) is 38.0 Å². The van der Waals surface area contributed by atoms with Crippen molar-refractivity contribution < 1.29 is 31.2 Å². The van der Waals surface area contributed by atoms with Crippen molar-refractivity contribution in [3.63, 3.8) is 0 Å². The molecule has 0 amide bonds. The smallest absolute Gasteiger partial charge is 0.269 e. The van der Waals surface area contributed by atoms with Crippen molar-refractivity contribution in [2.75, 3.05) is 0 Å². The molecule has 1 aliphatic carbocycles. The summed E-state index contributed by atoms with van der Waals surface area (Å²) in [7, 11) is 0. The molecule has 0 spiro atoms. The third-order valence-electron chi connectivity index (χ3n) is 12.0. The molecule has 1 fully saturated rings. The molecule has 0 atom stereocenters. The topological polar surface area (TPSA) is 35.9 Å². The lowest BCUT2D eigenvalue weighted by Crippen LogP contribution is -2.31. The lowest BCUT2D eigenvalue weighted by atomic mass is 9.81. The molecule has 1 aliphatic rings. The number of benzene rings is 8. The minimum atomic E-state index is -1.13. The van der Waals surface area contributed by atoms with E-state index in [2.05, 4.69) is 6.33 Å². The molecule has 11 aromatic rings. The van der Waals surface area contributed by atoms with Crippen LogP contribution in [-0.2, 0) is 0 Å². The summed E-state index contributed by atoms with van der Waals surface area (Å²) in [5.74, 6) is 0.211.